The zero-order valence-corrected chi connectivity index (χ0v) is 7.71. The van der Waals surface area contributed by atoms with Gasteiger partial charge in [-0.2, -0.15) is 0 Å². The molecule has 70 valence electrons. The zero-order chi connectivity index (χ0) is 9.23. The van der Waals surface area contributed by atoms with Crippen LogP contribution in [0.25, 0.3) is 0 Å². The average molecular weight is 172 g/mol. The van der Waals surface area contributed by atoms with E-state index >= 15 is 0 Å². The fourth-order valence-corrected chi connectivity index (χ4v) is 0.713. The van der Waals surface area contributed by atoms with E-state index in [0.717, 1.165) is 6.42 Å². The molecule has 12 heavy (non-hydrogen) atoms. The quantitative estimate of drug-likeness (QED) is 0.329. The van der Waals surface area contributed by atoms with Gasteiger partial charge in [0.1, 0.15) is 0 Å². The smallest absolute Gasteiger partial charge is 0.159 e. The van der Waals surface area contributed by atoms with Crippen molar-refractivity contribution in [3.05, 3.63) is 18.4 Å². The van der Waals surface area contributed by atoms with Crippen LogP contribution in [0.2, 0.25) is 0 Å². The highest BCUT2D eigenvalue weighted by Crippen LogP contribution is 1.97. The summed E-state index contributed by atoms with van der Waals surface area (Å²) >= 11 is 0. The van der Waals surface area contributed by atoms with Crippen LogP contribution in [0.15, 0.2) is 18.4 Å². The molecule has 3 heteroatoms. The molecule has 0 saturated heterocycles. The lowest BCUT2D eigenvalue weighted by molar-refractivity contribution is -0.114. The van der Waals surface area contributed by atoms with Gasteiger partial charge in [-0.1, -0.05) is 6.58 Å². The molecule has 0 rings (SSSR count). The number of hydrogen-bond donors (Lipinski definition) is 0. The molecule has 0 bridgehead atoms. The van der Waals surface area contributed by atoms with Gasteiger partial charge in [-0.05, 0) is 6.08 Å². The minimum atomic E-state index is -0.169. The first kappa shape index (κ1) is 11.4. The molecule has 0 unspecified atom stereocenters. The Balaban J connectivity index is 3.22. The third-order valence-electron chi connectivity index (χ3n) is 1.37. The Morgan fingerprint density at radius 2 is 2.08 bits per heavy atom. The van der Waals surface area contributed by atoms with Gasteiger partial charge in [0.15, 0.2) is 6.29 Å². The van der Waals surface area contributed by atoms with E-state index < -0.39 is 0 Å². The second-order valence-corrected chi connectivity index (χ2v) is 2.17. The molecule has 0 aromatic carbocycles. The summed E-state index contributed by atoms with van der Waals surface area (Å²) in [5.74, 6) is 0. The van der Waals surface area contributed by atoms with Crippen molar-refractivity contribution in [1.29, 1.82) is 0 Å². The molecule has 0 atom stereocenters. The molecule has 0 aliphatic carbocycles. The summed E-state index contributed by atoms with van der Waals surface area (Å²) in [7, 11) is 3.22. The summed E-state index contributed by atoms with van der Waals surface area (Å²) in [6.07, 6.45) is 2.30. The topological polar surface area (TPSA) is 27.7 Å². The maximum Gasteiger partial charge on any atom is 0.159 e. The third kappa shape index (κ3) is 6.13. The number of hydrogen-bond acceptors (Lipinski definition) is 3. The fraction of sp³-hybridized carbons (Fsp3) is 0.667. The van der Waals surface area contributed by atoms with Crippen molar-refractivity contribution in [3.8, 4) is 0 Å². The molecule has 0 aromatic heterocycles. The monoisotopic (exact) mass is 172 g/mol. The van der Waals surface area contributed by atoms with E-state index in [2.05, 4.69) is 12.3 Å². The molecule has 0 amide bonds. The van der Waals surface area contributed by atoms with E-state index in [-0.39, 0.29) is 6.29 Å². The maximum absolute atomic E-state index is 5.19. The van der Waals surface area contributed by atoms with Crippen molar-refractivity contribution in [2.45, 2.75) is 12.7 Å². The summed E-state index contributed by atoms with van der Waals surface area (Å²) in [6.45, 7) is 4.58. The maximum atomic E-state index is 5.19. The fourth-order valence-electron chi connectivity index (χ4n) is 0.713. The Labute approximate surface area is 73.6 Å². The van der Waals surface area contributed by atoms with E-state index in [4.69, 9.17) is 14.2 Å². The van der Waals surface area contributed by atoms with Crippen LogP contribution in [0.4, 0.5) is 0 Å². The third-order valence-corrected chi connectivity index (χ3v) is 1.37. The van der Waals surface area contributed by atoms with Crippen LogP contribution in [-0.2, 0) is 14.2 Å². The number of rotatable bonds is 7. The predicted octanol–water partition coefficient (Wildman–Crippen LogP) is 1.35. The standard InChI is InChI=1S/C9H16O3/c1-4-5-7-12-8-6-9(10-2)11-3/h5,9H,1,6-8H2,2-3H3. The Hall–Kier alpha value is -0.600. The van der Waals surface area contributed by atoms with Crippen molar-refractivity contribution < 1.29 is 14.2 Å². The van der Waals surface area contributed by atoms with Crippen molar-refractivity contribution >= 4 is 0 Å². The van der Waals surface area contributed by atoms with E-state index in [1.165, 1.54) is 0 Å². The SMILES string of the molecule is C=C=CCOCCC(OC)OC. The van der Waals surface area contributed by atoms with Gasteiger partial charge in [0.05, 0.1) is 13.2 Å². The highest BCUT2D eigenvalue weighted by molar-refractivity contribution is 4.74. The number of ether oxygens (including phenoxy) is 3. The molecule has 0 fully saturated rings. The summed E-state index contributed by atoms with van der Waals surface area (Å²) in [5, 5.41) is 0. The van der Waals surface area contributed by atoms with Crippen molar-refractivity contribution in [2.24, 2.45) is 0 Å². The van der Waals surface area contributed by atoms with E-state index in [0.29, 0.717) is 13.2 Å². The minimum Gasteiger partial charge on any atom is -0.377 e. The molecular weight excluding hydrogens is 156 g/mol. The molecule has 0 heterocycles. The second kappa shape index (κ2) is 8.50. The first-order valence-electron chi connectivity index (χ1n) is 3.82. The Morgan fingerprint density at radius 1 is 1.42 bits per heavy atom. The molecule has 0 spiro atoms. The van der Waals surface area contributed by atoms with Crippen LogP contribution < -0.4 is 0 Å². The van der Waals surface area contributed by atoms with Crippen LogP contribution in [-0.4, -0.2) is 33.7 Å². The number of methoxy groups -OCH3 is 2. The summed E-state index contributed by atoms with van der Waals surface area (Å²) in [6, 6.07) is 0. The van der Waals surface area contributed by atoms with E-state index in [9.17, 15) is 0 Å². The van der Waals surface area contributed by atoms with Gasteiger partial charge in [0, 0.05) is 20.6 Å². The highest BCUT2D eigenvalue weighted by atomic mass is 16.7. The van der Waals surface area contributed by atoms with Crippen LogP contribution in [0.1, 0.15) is 6.42 Å². The molecular formula is C9H16O3. The van der Waals surface area contributed by atoms with Gasteiger partial charge >= 0.3 is 0 Å². The van der Waals surface area contributed by atoms with E-state index in [1.807, 2.05) is 0 Å². The van der Waals surface area contributed by atoms with Crippen LogP contribution in [0.3, 0.4) is 0 Å². The van der Waals surface area contributed by atoms with Gasteiger partial charge in [0.2, 0.25) is 0 Å². The highest BCUT2D eigenvalue weighted by Gasteiger charge is 2.02. The van der Waals surface area contributed by atoms with Crippen LogP contribution >= 0.6 is 0 Å². The van der Waals surface area contributed by atoms with Crippen molar-refractivity contribution in [2.75, 3.05) is 27.4 Å². The lowest BCUT2D eigenvalue weighted by Gasteiger charge is -2.12. The average Bonchev–Trinajstić information content (AvgIpc) is 2.11. The van der Waals surface area contributed by atoms with E-state index in [1.54, 1.807) is 20.3 Å². The Kier molecular flexibility index (Phi) is 8.07. The molecule has 3 nitrogen and oxygen atoms in total. The summed E-state index contributed by atoms with van der Waals surface area (Å²) in [4.78, 5) is 0. The van der Waals surface area contributed by atoms with Crippen LogP contribution in [0, 0.1) is 0 Å². The molecule has 0 aliphatic heterocycles. The van der Waals surface area contributed by atoms with Gasteiger partial charge < -0.3 is 14.2 Å². The molecule has 0 radical (unpaired) electrons. The lowest BCUT2D eigenvalue weighted by atomic mass is 10.4. The Morgan fingerprint density at radius 3 is 2.58 bits per heavy atom. The normalized spacial score (nSPS) is 9.92. The first-order chi connectivity index (χ1) is 5.85. The van der Waals surface area contributed by atoms with Gasteiger partial charge in [0.25, 0.3) is 0 Å². The predicted molar refractivity (Wildman–Crippen MR) is 47.0 cm³/mol. The zero-order valence-electron chi connectivity index (χ0n) is 7.71. The lowest BCUT2D eigenvalue weighted by Crippen LogP contribution is -2.15. The Bertz CT molecular complexity index is 135. The molecule has 0 aromatic rings. The summed E-state index contributed by atoms with van der Waals surface area (Å²) in [5.41, 5.74) is 2.62. The van der Waals surface area contributed by atoms with Crippen LogP contribution in [0.5, 0.6) is 0 Å². The molecule has 0 aliphatic rings. The molecule has 0 N–H and O–H groups in total. The largest absolute Gasteiger partial charge is 0.377 e. The van der Waals surface area contributed by atoms with Gasteiger partial charge in [-0.15, -0.1) is 5.73 Å². The minimum absolute atomic E-state index is 0.169. The van der Waals surface area contributed by atoms with Crippen molar-refractivity contribution in [1.82, 2.24) is 0 Å². The molecule has 0 saturated carbocycles. The first-order valence-corrected chi connectivity index (χ1v) is 3.82. The second-order valence-electron chi connectivity index (χ2n) is 2.17. The van der Waals surface area contributed by atoms with Crippen molar-refractivity contribution in [3.63, 3.8) is 0 Å². The summed E-state index contributed by atoms with van der Waals surface area (Å²) < 4.78 is 15.1. The van der Waals surface area contributed by atoms with Gasteiger partial charge in [-0.3, -0.25) is 0 Å². The van der Waals surface area contributed by atoms with Gasteiger partial charge in [-0.25, -0.2) is 0 Å².